The highest BCUT2D eigenvalue weighted by Gasteiger charge is 2.29. The number of benzene rings is 1. The molecule has 5 heteroatoms. The zero-order valence-corrected chi connectivity index (χ0v) is 12.1. The summed E-state index contributed by atoms with van der Waals surface area (Å²) in [7, 11) is 3.26. The molecule has 1 atom stereocenters. The van der Waals surface area contributed by atoms with Crippen molar-refractivity contribution in [3.8, 4) is 11.5 Å². The first-order valence-electron chi connectivity index (χ1n) is 6.32. The molecule has 0 spiro atoms. The van der Waals surface area contributed by atoms with Gasteiger partial charge in [0.2, 0.25) is 5.91 Å². The van der Waals surface area contributed by atoms with Crippen LogP contribution in [0.3, 0.4) is 0 Å². The van der Waals surface area contributed by atoms with Crippen LogP contribution in [0.25, 0.3) is 0 Å². The molecule has 1 aromatic carbocycles. The average molecular weight is 289 g/mol. The summed E-state index contributed by atoms with van der Waals surface area (Å²) in [5.74, 6) is 1.58. The van der Waals surface area contributed by atoms with Crippen LogP contribution in [-0.4, -0.2) is 20.1 Å². The first-order chi connectivity index (χ1) is 9.72. The Morgan fingerprint density at radius 3 is 2.85 bits per heavy atom. The molecular weight excluding hydrogens is 274 g/mol. The van der Waals surface area contributed by atoms with Crippen molar-refractivity contribution in [1.29, 1.82) is 0 Å². The van der Waals surface area contributed by atoms with Gasteiger partial charge >= 0.3 is 0 Å². The maximum absolute atomic E-state index is 11.9. The van der Waals surface area contributed by atoms with E-state index in [9.17, 15) is 4.79 Å². The molecule has 2 aromatic rings. The van der Waals surface area contributed by atoms with E-state index in [2.05, 4.69) is 5.32 Å². The van der Waals surface area contributed by atoms with Crippen LogP contribution in [0.2, 0.25) is 0 Å². The predicted octanol–water partition coefficient (Wildman–Crippen LogP) is 3.24. The molecule has 104 valence electrons. The molecule has 0 unspecified atom stereocenters. The summed E-state index contributed by atoms with van der Waals surface area (Å²) in [6.45, 7) is 0. The predicted molar refractivity (Wildman–Crippen MR) is 79.0 cm³/mol. The van der Waals surface area contributed by atoms with Gasteiger partial charge in [0.05, 0.1) is 19.9 Å². The molecule has 2 heterocycles. The van der Waals surface area contributed by atoms with Crippen molar-refractivity contribution in [3.63, 3.8) is 0 Å². The van der Waals surface area contributed by atoms with Crippen molar-refractivity contribution in [2.75, 3.05) is 19.5 Å². The van der Waals surface area contributed by atoms with E-state index >= 15 is 0 Å². The van der Waals surface area contributed by atoms with Gasteiger partial charge in [-0.3, -0.25) is 4.79 Å². The van der Waals surface area contributed by atoms with E-state index < -0.39 is 0 Å². The van der Waals surface area contributed by atoms with Gasteiger partial charge in [0.1, 0.15) is 11.5 Å². The number of methoxy groups -OCH3 is 2. The van der Waals surface area contributed by atoms with Gasteiger partial charge in [-0.15, -0.1) is 11.3 Å². The number of carbonyl (C=O) groups excluding carboxylic acids is 1. The third-order valence-corrected chi connectivity index (χ3v) is 4.52. The lowest BCUT2D eigenvalue weighted by Crippen LogP contribution is -2.22. The van der Waals surface area contributed by atoms with E-state index in [0.717, 1.165) is 22.7 Å². The Hall–Kier alpha value is -2.01. The average Bonchev–Trinajstić information content (AvgIpc) is 2.93. The number of rotatable bonds is 3. The number of nitrogens with one attached hydrogen (secondary N) is 1. The van der Waals surface area contributed by atoms with Crippen molar-refractivity contribution >= 4 is 22.9 Å². The molecule has 1 aliphatic heterocycles. The summed E-state index contributed by atoms with van der Waals surface area (Å²) < 4.78 is 10.7. The zero-order chi connectivity index (χ0) is 14.1. The van der Waals surface area contributed by atoms with E-state index in [1.54, 1.807) is 25.6 Å². The maximum Gasteiger partial charge on any atom is 0.225 e. The van der Waals surface area contributed by atoms with E-state index in [0.29, 0.717) is 6.42 Å². The highest BCUT2D eigenvalue weighted by Crippen LogP contribution is 2.44. The normalized spacial score (nSPS) is 17.3. The molecule has 0 bridgehead atoms. The largest absolute Gasteiger partial charge is 0.497 e. The Bertz CT molecular complexity index is 650. The lowest BCUT2D eigenvalue weighted by Gasteiger charge is -2.24. The van der Waals surface area contributed by atoms with Crippen molar-refractivity contribution in [1.82, 2.24) is 0 Å². The SMILES string of the molecule is COc1ccc([C@H]2CC(=O)Nc3ccsc32)c(OC)c1. The monoisotopic (exact) mass is 289 g/mol. The zero-order valence-electron chi connectivity index (χ0n) is 11.3. The Kier molecular flexibility index (Phi) is 3.36. The van der Waals surface area contributed by atoms with E-state index in [4.69, 9.17) is 9.47 Å². The second-order valence-corrected chi connectivity index (χ2v) is 5.56. The van der Waals surface area contributed by atoms with Crippen molar-refractivity contribution in [3.05, 3.63) is 40.1 Å². The van der Waals surface area contributed by atoms with Gasteiger partial charge in [-0.25, -0.2) is 0 Å². The van der Waals surface area contributed by atoms with Gasteiger partial charge in [0, 0.05) is 28.8 Å². The molecule has 0 saturated heterocycles. The highest BCUT2D eigenvalue weighted by molar-refractivity contribution is 7.10. The standard InChI is InChI=1S/C15H15NO3S/c1-18-9-3-4-10(13(7-9)19-2)11-8-14(17)16-12-5-6-20-15(11)12/h3-7,11H,8H2,1-2H3,(H,16,17)/t11-/m1/s1. The summed E-state index contributed by atoms with van der Waals surface area (Å²) in [5.41, 5.74) is 1.93. The molecule has 0 aliphatic carbocycles. The minimum absolute atomic E-state index is 0.0405. The summed E-state index contributed by atoms with van der Waals surface area (Å²) in [4.78, 5) is 13.0. The van der Waals surface area contributed by atoms with Crippen LogP contribution >= 0.6 is 11.3 Å². The van der Waals surface area contributed by atoms with Crippen molar-refractivity contribution in [2.45, 2.75) is 12.3 Å². The van der Waals surface area contributed by atoms with Gasteiger partial charge in [-0.05, 0) is 17.5 Å². The van der Waals surface area contributed by atoms with Crippen LogP contribution in [0.4, 0.5) is 5.69 Å². The second kappa shape index (κ2) is 5.17. The summed E-state index contributed by atoms with van der Waals surface area (Å²) in [6.07, 6.45) is 0.441. The van der Waals surface area contributed by atoms with Crippen LogP contribution in [0.5, 0.6) is 11.5 Å². The third kappa shape index (κ3) is 2.14. The van der Waals surface area contributed by atoms with E-state index in [-0.39, 0.29) is 11.8 Å². The fourth-order valence-corrected chi connectivity index (χ4v) is 3.50. The minimum Gasteiger partial charge on any atom is -0.497 e. The van der Waals surface area contributed by atoms with Crippen LogP contribution in [0.15, 0.2) is 29.6 Å². The Balaban J connectivity index is 2.08. The van der Waals surface area contributed by atoms with Crippen LogP contribution < -0.4 is 14.8 Å². The Labute approximate surface area is 121 Å². The number of ether oxygens (including phenoxy) is 2. The van der Waals surface area contributed by atoms with Crippen LogP contribution in [0, 0.1) is 0 Å². The molecule has 0 fully saturated rings. The molecule has 1 aromatic heterocycles. The van der Waals surface area contributed by atoms with Gasteiger partial charge in [0.15, 0.2) is 0 Å². The third-order valence-electron chi connectivity index (χ3n) is 3.49. The molecule has 1 N–H and O–H groups in total. The van der Waals surface area contributed by atoms with Gasteiger partial charge < -0.3 is 14.8 Å². The minimum atomic E-state index is 0.0405. The number of hydrogen-bond acceptors (Lipinski definition) is 4. The Morgan fingerprint density at radius 1 is 1.25 bits per heavy atom. The molecule has 1 amide bonds. The van der Waals surface area contributed by atoms with Crippen LogP contribution in [-0.2, 0) is 4.79 Å². The van der Waals surface area contributed by atoms with Crippen molar-refractivity contribution in [2.24, 2.45) is 0 Å². The summed E-state index contributed by atoms with van der Waals surface area (Å²) >= 11 is 1.66. The number of carbonyl (C=O) groups is 1. The molecule has 0 radical (unpaired) electrons. The topological polar surface area (TPSA) is 47.6 Å². The number of anilines is 1. The molecule has 1 aliphatic rings. The molecule has 4 nitrogen and oxygen atoms in total. The Morgan fingerprint density at radius 2 is 2.10 bits per heavy atom. The number of fused-ring (bicyclic) bond motifs is 1. The quantitative estimate of drug-likeness (QED) is 0.943. The molecule has 3 rings (SSSR count). The molecule has 20 heavy (non-hydrogen) atoms. The molecular formula is C15H15NO3S. The van der Waals surface area contributed by atoms with E-state index in [1.165, 1.54) is 4.88 Å². The van der Waals surface area contributed by atoms with E-state index in [1.807, 2.05) is 29.6 Å². The first kappa shape index (κ1) is 13.0. The van der Waals surface area contributed by atoms with Crippen LogP contribution in [0.1, 0.15) is 22.8 Å². The summed E-state index contributed by atoms with van der Waals surface area (Å²) in [5, 5.41) is 4.90. The first-order valence-corrected chi connectivity index (χ1v) is 7.20. The van der Waals surface area contributed by atoms with Gasteiger partial charge in [-0.2, -0.15) is 0 Å². The fourth-order valence-electron chi connectivity index (χ4n) is 2.53. The summed E-state index contributed by atoms with van der Waals surface area (Å²) in [6, 6.07) is 7.68. The maximum atomic E-state index is 11.9. The lowest BCUT2D eigenvalue weighted by molar-refractivity contribution is -0.116. The number of hydrogen-bond donors (Lipinski definition) is 1. The van der Waals surface area contributed by atoms with Gasteiger partial charge in [0.25, 0.3) is 0 Å². The number of thiophene rings is 1. The smallest absolute Gasteiger partial charge is 0.225 e. The number of amides is 1. The lowest BCUT2D eigenvalue weighted by atomic mass is 9.90. The molecule has 0 saturated carbocycles. The second-order valence-electron chi connectivity index (χ2n) is 4.61. The fraction of sp³-hybridized carbons (Fsp3) is 0.267. The van der Waals surface area contributed by atoms with Gasteiger partial charge in [-0.1, -0.05) is 6.07 Å². The highest BCUT2D eigenvalue weighted by atomic mass is 32.1. The van der Waals surface area contributed by atoms with Crippen molar-refractivity contribution < 1.29 is 14.3 Å².